The number of ether oxygens (including phenoxy) is 2. The van der Waals surface area contributed by atoms with Crippen molar-refractivity contribution in [1.29, 1.82) is 0 Å². The predicted octanol–water partition coefficient (Wildman–Crippen LogP) is 4.12. The normalized spacial score (nSPS) is 15.3. The van der Waals surface area contributed by atoms with Crippen LogP contribution in [0, 0.1) is 6.92 Å². The largest absolute Gasteiger partial charge is 0.497 e. The third-order valence-electron chi connectivity index (χ3n) is 6.32. The number of carbonyl (C=O) groups excluding carboxylic acids is 1. The summed E-state index contributed by atoms with van der Waals surface area (Å²) in [5.74, 6) is 0.855. The van der Waals surface area contributed by atoms with Crippen molar-refractivity contribution < 1.29 is 14.3 Å². The molecule has 2 aromatic carbocycles. The highest BCUT2D eigenvalue weighted by atomic mass is 16.5. The van der Waals surface area contributed by atoms with E-state index in [2.05, 4.69) is 60.4 Å². The Labute approximate surface area is 201 Å². The number of morpholine rings is 1. The Morgan fingerprint density at radius 3 is 2.38 bits per heavy atom. The van der Waals surface area contributed by atoms with Crippen molar-refractivity contribution in [2.45, 2.75) is 32.7 Å². The molecule has 1 amide bonds. The van der Waals surface area contributed by atoms with Gasteiger partial charge >= 0.3 is 0 Å². The lowest BCUT2D eigenvalue weighted by atomic mass is 10.0. The number of rotatable bonds is 8. The van der Waals surface area contributed by atoms with Crippen molar-refractivity contribution in [3.8, 4) is 11.4 Å². The minimum absolute atomic E-state index is 0.0494. The van der Waals surface area contributed by atoms with Crippen LogP contribution in [0.3, 0.4) is 0 Å². The van der Waals surface area contributed by atoms with Gasteiger partial charge in [0.2, 0.25) is 0 Å². The quantitative estimate of drug-likeness (QED) is 0.546. The second-order valence-electron chi connectivity index (χ2n) is 8.99. The van der Waals surface area contributed by atoms with Crippen LogP contribution in [0.15, 0.2) is 54.7 Å². The highest BCUT2D eigenvalue weighted by molar-refractivity contribution is 5.95. The van der Waals surface area contributed by atoms with E-state index in [0.717, 1.165) is 35.8 Å². The number of nitrogens with one attached hydrogen (secondary N) is 1. The van der Waals surface area contributed by atoms with E-state index in [1.54, 1.807) is 13.3 Å². The van der Waals surface area contributed by atoms with Gasteiger partial charge in [0.1, 0.15) is 5.75 Å². The molecule has 0 spiro atoms. The first kappa shape index (κ1) is 24.0. The van der Waals surface area contributed by atoms with Gasteiger partial charge in [-0.3, -0.25) is 9.69 Å². The van der Waals surface area contributed by atoms with Crippen LogP contribution in [0.1, 0.15) is 53.0 Å². The van der Waals surface area contributed by atoms with Gasteiger partial charge in [-0.05, 0) is 42.7 Å². The van der Waals surface area contributed by atoms with E-state index in [-0.39, 0.29) is 17.9 Å². The van der Waals surface area contributed by atoms with Gasteiger partial charge in [0.05, 0.1) is 49.5 Å². The van der Waals surface area contributed by atoms with Crippen molar-refractivity contribution in [3.05, 3.63) is 77.1 Å². The molecule has 1 N–H and O–H groups in total. The van der Waals surface area contributed by atoms with Gasteiger partial charge in [-0.15, -0.1) is 0 Å². The lowest BCUT2D eigenvalue weighted by molar-refractivity contribution is 0.0162. The van der Waals surface area contributed by atoms with Crippen LogP contribution >= 0.6 is 0 Å². The number of hydrogen-bond donors (Lipinski definition) is 1. The molecule has 1 aliphatic heterocycles. The van der Waals surface area contributed by atoms with Crippen LogP contribution in [0.2, 0.25) is 0 Å². The van der Waals surface area contributed by atoms with Crippen LogP contribution in [-0.2, 0) is 4.74 Å². The first-order chi connectivity index (χ1) is 16.5. The number of benzene rings is 2. The summed E-state index contributed by atoms with van der Waals surface area (Å²) in [5, 5.41) is 7.75. The minimum atomic E-state index is -0.103. The van der Waals surface area contributed by atoms with E-state index in [9.17, 15) is 4.79 Å². The van der Waals surface area contributed by atoms with E-state index >= 15 is 0 Å². The SMILES string of the molecule is COc1ccc(C(CNC(=O)c2cnn(-c3ccc(C)cc3)c2C(C)C)N2CCOCC2)cc1. The van der Waals surface area contributed by atoms with Crippen molar-refractivity contribution in [2.24, 2.45) is 0 Å². The molecule has 34 heavy (non-hydrogen) atoms. The van der Waals surface area contributed by atoms with E-state index in [4.69, 9.17) is 9.47 Å². The zero-order valence-electron chi connectivity index (χ0n) is 20.5. The average Bonchev–Trinajstić information content (AvgIpc) is 3.31. The number of nitrogens with zero attached hydrogens (tertiary/aromatic N) is 3. The van der Waals surface area contributed by atoms with Crippen LogP contribution < -0.4 is 10.1 Å². The number of carbonyl (C=O) groups is 1. The monoisotopic (exact) mass is 462 g/mol. The van der Waals surface area contributed by atoms with Gasteiger partial charge in [-0.2, -0.15) is 5.10 Å². The molecule has 1 atom stereocenters. The molecule has 7 nitrogen and oxygen atoms in total. The molecule has 3 aromatic rings. The van der Waals surface area contributed by atoms with E-state index in [0.29, 0.717) is 25.3 Å². The molecule has 1 unspecified atom stereocenters. The molecule has 1 aliphatic rings. The molecule has 4 rings (SSSR count). The predicted molar refractivity (Wildman–Crippen MR) is 133 cm³/mol. The second kappa shape index (κ2) is 10.8. The molecule has 1 fully saturated rings. The second-order valence-corrected chi connectivity index (χ2v) is 8.99. The first-order valence-corrected chi connectivity index (χ1v) is 11.9. The highest BCUT2D eigenvalue weighted by Gasteiger charge is 2.25. The number of aryl methyl sites for hydroxylation is 1. The van der Waals surface area contributed by atoms with Crippen molar-refractivity contribution in [3.63, 3.8) is 0 Å². The molecule has 1 saturated heterocycles. The summed E-state index contributed by atoms with van der Waals surface area (Å²) in [5.41, 5.74) is 4.81. The van der Waals surface area contributed by atoms with Crippen molar-refractivity contribution in [1.82, 2.24) is 20.0 Å². The molecule has 0 saturated carbocycles. The molecule has 7 heteroatoms. The summed E-state index contributed by atoms with van der Waals surface area (Å²) in [6.07, 6.45) is 1.68. The standard InChI is InChI=1S/C27H34N4O3/c1-19(2)26-24(17-29-31(26)22-9-5-20(3)6-10-22)27(32)28-18-25(30-13-15-34-16-14-30)21-7-11-23(33-4)12-8-21/h5-12,17,19,25H,13-16,18H2,1-4H3,(H,28,32). The average molecular weight is 463 g/mol. The Hall–Kier alpha value is -3.16. The van der Waals surface area contributed by atoms with Crippen LogP contribution in [-0.4, -0.2) is 60.5 Å². The number of amides is 1. The summed E-state index contributed by atoms with van der Waals surface area (Å²) in [6, 6.07) is 16.3. The van der Waals surface area contributed by atoms with E-state index < -0.39 is 0 Å². The van der Waals surface area contributed by atoms with Crippen LogP contribution in [0.4, 0.5) is 0 Å². The Kier molecular flexibility index (Phi) is 7.65. The van der Waals surface area contributed by atoms with Gasteiger partial charge in [0.25, 0.3) is 5.91 Å². The lowest BCUT2D eigenvalue weighted by Gasteiger charge is -2.35. The third kappa shape index (κ3) is 5.32. The Bertz CT molecular complexity index is 1080. The number of aromatic nitrogens is 2. The fraction of sp³-hybridized carbons (Fsp3) is 0.407. The highest BCUT2D eigenvalue weighted by Crippen LogP contribution is 2.26. The molecule has 180 valence electrons. The van der Waals surface area contributed by atoms with Gasteiger partial charge in [-0.1, -0.05) is 43.7 Å². The number of methoxy groups -OCH3 is 1. The minimum Gasteiger partial charge on any atom is -0.497 e. The Morgan fingerprint density at radius 1 is 1.09 bits per heavy atom. The van der Waals surface area contributed by atoms with Gasteiger partial charge in [-0.25, -0.2) is 4.68 Å². The molecular weight excluding hydrogens is 428 g/mol. The maximum Gasteiger partial charge on any atom is 0.254 e. The summed E-state index contributed by atoms with van der Waals surface area (Å²) in [7, 11) is 1.66. The van der Waals surface area contributed by atoms with Crippen molar-refractivity contribution in [2.75, 3.05) is 40.0 Å². The van der Waals surface area contributed by atoms with Gasteiger partial charge in [0, 0.05) is 19.6 Å². The first-order valence-electron chi connectivity index (χ1n) is 11.9. The molecule has 0 radical (unpaired) electrons. The van der Waals surface area contributed by atoms with E-state index in [1.165, 1.54) is 5.56 Å². The maximum atomic E-state index is 13.4. The summed E-state index contributed by atoms with van der Waals surface area (Å²) >= 11 is 0. The Balaban J connectivity index is 1.55. The molecule has 2 heterocycles. The molecule has 0 aliphatic carbocycles. The Morgan fingerprint density at radius 2 is 1.76 bits per heavy atom. The number of hydrogen-bond acceptors (Lipinski definition) is 5. The van der Waals surface area contributed by atoms with Gasteiger partial charge in [0.15, 0.2) is 0 Å². The topological polar surface area (TPSA) is 68.6 Å². The molecule has 1 aromatic heterocycles. The molecular formula is C27H34N4O3. The van der Waals surface area contributed by atoms with Crippen LogP contribution in [0.5, 0.6) is 5.75 Å². The van der Waals surface area contributed by atoms with Gasteiger partial charge < -0.3 is 14.8 Å². The fourth-order valence-corrected chi connectivity index (χ4v) is 4.44. The lowest BCUT2D eigenvalue weighted by Crippen LogP contribution is -2.43. The maximum absolute atomic E-state index is 13.4. The molecule has 0 bridgehead atoms. The van der Waals surface area contributed by atoms with Crippen LogP contribution in [0.25, 0.3) is 5.69 Å². The summed E-state index contributed by atoms with van der Waals surface area (Å²) < 4.78 is 12.7. The zero-order chi connectivity index (χ0) is 24.1. The van der Waals surface area contributed by atoms with E-state index in [1.807, 2.05) is 28.9 Å². The summed E-state index contributed by atoms with van der Waals surface area (Å²) in [4.78, 5) is 15.7. The smallest absolute Gasteiger partial charge is 0.254 e. The fourth-order valence-electron chi connectivity index (χ4n) is 4.44. The van der Waals surface area contributed by atoms with Crippen molar-refractivity contribution >= 4 is 5.91 Å². The zero-order valence-corrected chi connectivity index (χ0v) is 20.5. The third-order valence-corrected chi connectivity index (χ3v) is 6.32. The summed E-state index contributed by atoms with van der Waals surface area (Å²) in [6.45, 7) is 9.78.